The first-order valence-corrected chi connectivity index (χ1v) is 10.4. The monoisotopic (exact) mass is 399 g/mol. The maximum atomic E-state index is 13.5. The second-order valence-corrected chi connectivity index (χ2v) is 8.53. The molecule has 0 unspecified atom stereocenters. The summed E-state index contributed by atoms with van der Waals surface area (Å²) in [5.41, 5.74) is 3.40. The zero-order valence-electron chi connectivity index (χ0n) is 16.0. The molecule has 0 spiro atoms. The first-order chi connectivity index (χ1) is 13.5. The maximum Gasteiger partial charge on any atom is 0.291 e. The molecule has 28 heavy (non-hydrogen) atoms. The number of anilines is 1. The number of amides is 1. The van der Waals surface area contributed by atoms with Gasteiger partial charge in [0.25, 0.3) is 5.91 Å². The second kappa shape index (κ2) is 7.89. The number of aryl methyl sites for hydroxylation is 1. The first kappa shape index (κ1) is 18.9. The van der Waals surface area contributed by atoms with E-state index in [1.807, 2.05) is 12.1 Å². The Morgan fingerprint density at radius 1 is 1.18 bits per heavy atom. The Bertz CT molecular complexity index is 957. The molecule has 0 bridgehead atoms. The molecular formula is C22H24FN2O2S+. The number of carbonyl (C=O) groups is 1. The Hall–Kier alpha value is -2.44. The lowest BCUT2D eigenvalue weighted by atomic mass is 9.95. The van der Waals surface area contributed by atoms with Gasteiger partial charge >= 0.3 is 0 Å². The van der Waals surface area contributed by atoms with Crippen molar-refractivity contribution in [1.29, 1.82) is 0 Å². The van der Waals surface area contributed by atoms with E-state index in [1.165, 1.54) is 46.6 Å². The molecular weight excluding hydrogens is 375 g/mol. The number of rotatable bonds is 5. The number of likely N-dealkylation sites (tertiary alicyclic amines) is 1. The van der Waals surface area contributed by atoms with Crippen LogP contribution in [0, 0.1) is 19.7 Å². The third-order valence-electron chi connectivity index (χ3n) is 5.55. The number of hydrogen-bond acceptors (Lipinski definition) is 3. The van der Waals surface area contributed by atoms with Gasteiger partial charge in [0.15, 0.2) is 5.76 Å². The van der Waals surface area contributed by atoms with E-state index in [0.29, 0.717) is 5.76 Å². The van der Waals surface area contributed by atoms with Crippen molar-refractivity contribution in [1.82, 2.24) is 0 Å². The van der Waals surface area contributed by atoms with E-state index in [0.717, 1.165) is 29.2 Å². The minimum Gasteiger partial charge on any atom is -0.459 e. The van der Waals surface area contributed by atoms with Gasteiger partial charge in [-0.1, -0.05) is 0 Å². The summed E-state index contributed by atoms with van der Waals surface area (Å²) in [4.78, 5) is 15.3. The molecule has 4 nitrogen and oxygen atoms in total. The predicted molar refractivity (Wildman–Crippen MR) is 109 cm³/mol. The van der Waals surface area contributed by atoms with Gasteiger partial charge in [-0.3, -0.25) is 4.79 Å². The SMILES string of the molecule is Cc1sc(NC(=O)c2ccco2)c([C@@H](c2ccc(F)cc2)[NH+]2CCCC2)c1C. The Morgan fingerprint density at radius 2 is 1.89 bits per heavy atom. The van der Waals surface area contributed by atoms with Crippen molar-refractivity contribution in [2.45, 2.75) is 32.7 Å². The van der Waals surface area contributed by atoms with Crippen molar-refractivity contribution in [3.8, 4) is 0 Å². The molecule has 1 fully saturated rings. The predicted octanol–water partition coefficient (Wildman–Crippen LogP) is 4.12. The number of benzene rings is 1. The van der Waals surface area contributed by atoms with Crippen LogP contribution in [-0.2, 0) is 0 Å². The number of thiophene rings is 1. The fraction of sp³-hybridized carbons (Fsp3) is 0.318. The summed E-state index contributed by atoms with van der Waals surface area (Å²) in [6.45, 7) is 6.33. The van der Waals surface area contributed by atoms with Crippen molar-refractivity contribution in [3.05, 3.63) is 75.8 Å². The van der Waals surface area contributed by atoms with Gasteiger partial charge in [-0.25, -0.2) is 4.39 Å². The summed E-state index contributed by atoms with van der Waals surface area (Å²) < 4.78 is 18.8. The van der Waals surface area contributed by atoms with Crippen LogP contribution in [0.4, 0.5) is 9.39 Å². The topological polar surface area (TPSA) is 46.7 Å². The number of quaternary nitrogens is 1. The van der Waals surface area contributed by atoms with Gasteiger partial charge < -0.3 is 14.6 Å². The van der Waals surface area contributed by atoms with E-state index >= 15 is 0 Å². The Kier molecular flexibility index (Phi) is 5.33. The highest BCUT2D eigenvalue weighted by molar-refractivity contribution is 7.16. The summed E-state index contributed by atoms with van der Waals surface area (Å²) in [5.74, 6) is -0.188. The van der Waals surface area contributed by atoms with Gasteiger partial charge in [-0.2, -0.15) is 0 Å². The average Bonchev–Trinajstić information content (AvgIpc) is 3.43. The number of furan rings is 1. The maximum absolute atomic E-state index is 13.5. The van der Waals surface area contributed by atoms with Gasteiger partial charge in [0, 0.05) is 23.3 Å². The van der Waals surface area contributed by atoms with E-state index in [2.05, 4.69) is 19.2 Å². The fourth-order valence-electron chi connectivity index (χ4n) is 4.04. The van der Waals surface area contributed by atoms with Crippen LogP contribution in [0.1, 0.15) is 51.0 Å². The van der Waals surface area contributed by atoms with Crippen LogP contribution in [-0.4, -0.2) is 19.0 Å². The van der Waals surface area contributed by atoms with Crippen LogP contribution in [0.15, 0.2) is 47.1 Å². The average molecular weight is 400 g/mol. The number of halogens is 1. The van der Waals surface area contributed by atoms with Gasteiger partial charge in [0.05, 0.1) is 24.9 Å². The van der Waals surface area contributed by atoms with E-state index in [1.54, 1.807) is 23.5 Å². The van der Waals surface area contributed by atoms with Crippen molar-refractivity contribution in [2.75, 3.05) is 18.4 Å². The quantitative estimate of drug-likeness (QED) is 0.678. The normalized spacial score (nSPS) is 15.7. The van der Waals surface area contributed by atoms with Crippen LogP contribution in [0.25, 0.3) is 0 Å². The van der Waals surface area contributed by atoms with Crippen LogP contribution >= 0.6 is 11.3 Å². The number of carbonyl (C=O) groups excluding carboxylic acids is 1. The molecule has 3 heterocycles. The Morgan fingerprint density at radius 3 is 2.54 bits per heavy atom. The summed E-state index contributed by atoms with van der Waals surface area (Å²) in [6, 6.07) is 10.2. The Balaban J connectivity index is 1.77. The van der Waals surface area contributed by atoms with Crippen molar-refractivity contribution in [2.24, 2.45) is 0 Å². The fourth-order valence-corrected chi connectivity index (χ4v) is 5.13. The highest BCUT2D eigenvalue weighted by Gasteiger charge is 2.34. The van der Waals surface area contributed by atoms with Gasteiger partial charge in [-0.05, 0) is 55.8 Å². The first-order valence-electron chi connectivity index (χ1n) is 9.59. The molecule has 3 aromatic rings. The van der Waals surface area contributed by atoms with E-state index in [4.69, 9.17) is 4.42 Å². The molecule has 2 N–H and O–H groups in total. The lowest BCUT2D eigenvalue weighted by molar-refractivity contribution is -0.913. The molecule has 0 saturated carbocycles. The van der Waals surface area contributed by atoms with Crippen molar-refractivity contribution < 1.29 is 18.5 Å². The molecule has 1 saturated heterocycles. The lowest BCUT2D eigenvalue weighted by Gasteiger charge is -2.26. The zero-order valence-corrected chi connectivity index (χ0v) is 16.9. The van der Waals surface area contributed by atoms with Crippen LogP contribution in [0.2, 0.25) is 0 Å². The summed E-state index contributed by atoms with van der Waals surface area (Å²) in [6.07, 6.45) is 3.86. The lowest BCUT2D eigenvalue weighted by Crippen LogP contribution is -3.10. The van der Waals surface area contributed by atoms with Crippen LogP contribution in [0.5, 0.6) is 0 Å². The zero-order chi connectivity index (χ0) is 19.7. The molecule has 4 rings (SSSR count). The van der Waals surface area contributed by atoms with Crippen LogP contribution < -0.4 is 10.2 Å². The highest BCUT2D eigenvalue weighted by atomic mass is 32.1. The third-order valence-corrected chi connectivity index (χ3v) is 6.69. The minimum absolute atomic E-state index is 0.0694. The standard InChI is InChI=1S/C22H23FN2O2S/c1-14-15(2)28-22(24-21(26)18-6-5-13-27-18)19(14)20(25-11-3-4-12-25)16-7-9-17(23)10-8-16/h5-10,13,20H,3-4,11-12H2,1-2H3,(H,24,26)/p+1/t20-/m1/s1. The molecule has 2 aromatic heterocycles. The number of hydrogen-bond donors (Lipinski definition) is 2. The molecule has 146 valence electrons. The molecule has 1 aliphatic rings. The van der Waals surface area contributed by atoms with Crippen molar-refractivity contribution in [3.63, 3.8) is 0 Å². The van der Waals surface area contributed by atoms with E-state index in [9.17, 15) is 9.18 Å². The summed E-state index contributed by atoms with van der Waals surface area (Å²) >= 11 is 1.59. The Labute approximate surface area is 168 Å². The molecule has 1 amide bonds. The molecule has 1 aromatic carbocycles. The smallest absolute Gasteiger partial charge is 0.291 e. The van der Waals surface area contributed by atoms with Gasteiger partial charge in [-0.15, -0.1) is 11.3 Å². The van der Waals surface area contributed by atoms with E-state index in [-0.39, 0.29) is 17.8 Å². The highest BCUT2D eigenvalue weighted by Crippen LogP contribution is 2.38. The van der Waals surface area contributed by atoms with Crippen molar-refractivity contribution >= 4 is 22.2 Å². The summed E-state index contributed by atoms with van der Waals surface area (Å²) in [5, 5.41) is 3.91. The second-order valence-electron chi connectivity index (χ2n) is 7.31. The molecule has 1 atom stereocenters. The van der Waals surface area contributed by atoms with Gasteiger partial charge in [0.1, 0.15) is 16.9 Å². The van der Waals surface area contributed by atoms with Crippen LogP contribution in [0.3, 0.4) is 0 Å². The number of nitrogens with one attached hydrogen (secondary N) is 2. The minimum atomic E-state index is -0.248. The molecule has 6 heteroatoms. The third kappa shape index (κ3) is 3.62. The summed E-state index contributed by atoms with van der Waals surface area (Å²) in [7, 11) is 0. The molecule has 0 aliphatic carbocycles. The molecule has 0 radical (unpaired) electrons. The largest absolute Gasteiger partial charge is 0.459 e. The van der Waals surface area contributed by atoms with Gasteiger partial charge in [0.2, 0.25) is 0 Å². The molecule has 1 aliphatic heterocycles. The van der Waals surface area contributed by atoms with E-state index < -0.39 is 0 Å².